The highest BCUT2D eigenvalue weighted by atomic mass is 32.2. The molecule has 0 amide bonds. The SMILES string of the molecule is CCN(CC(F)(F)F)c1ccc(S(=O)(=O)N(C)C)cc1N. The summed E-state index contributed by atoms with van der Waals surface area (Å²) in [7, 11) is -0.946. The van der Waals surface area contributed by atoms with Crippen LogP contribution in [-0.2, 0) is 10.0 Å². The van der Waals surface area contributed by atoms with Gasteiger partial charge in [0.15, 0.2) is 0 Å². The van der Waals surface area contributed by atoms with Gasteiger partial charge in [-0.05, 0) is 25.1 Å². The summed E-state index contributed by atoms with van der Waals surface area (Å²) in [4.78, 5) is 0.985. The minimum atomic E-state index is -4.36. The zero-order chi connectivity index (χ0) is 16.4. The third-order valence-corrected chi connectivity index (χ3v) is 4.68. The normalized spacial score (nSPS) is 12.7. The number of sulfonamides is 1. The number of hydrogen-bond donors (Lipinski definition) is 1. The molecular weight excluding hydrogens is 307 g/mol. The first-order chi connectivity index (χ1) is 9.49. The summed E-state index contributed by atoms with van der Waals surface area (Å²) >= 11 is 0. The van der Waals surface area contributed by atoms with Crippen molar-refractivity contribution in [3.63, 3.8) is 0 Å². The van der Waals surface area contributed by atoms with E-state index >= 15 is 0 Å². The summed E-state index contributed by atoms with van der Waals surface area (Å²) < 4.78 is 62.4. The Bertz CT molecular complexity index is 600. The predicted octanol–water partition coefficient (Wildman–Crippen LogP) is 1.91. The summed E-state index contributed by atoms with van der Waals surface area (Å²) in [5.41, 5.74) is 5.87. The van der Waals surface area contributed by atoms with Crippen molar-refractivity contribution in [1.29, 1.82) is 0 Å². The Kier molecular flexibility index (Phi) is 5.11. The second-order valence-corrected chi connectivity index (χ2v) is 6.79. The van der Waals surface area contributed by atoms with Crippen LogP contribution in [0, 0.1) is 0 Å². The second kappa shape index (κ2) is 6.10. The van der Waals surface area contributed by atoms with E-state index in [9.17, 15) is 21.6 Å². The maximum Gasteiger partial charge on any atom is 0.405 e. The van der Waals surface area contributed by atoms with E-state index in [1.165, 1.54) is 32.3 Å². The molecule has 0 spiro atoms. The topological polar surface area (TPSA) is 66.6 Å². The molecule has 120 valence electrons. The van der Waals surface area contributed by atoms with Gasteiger partial charge in [-0.3, -0.25) is 0 Å². The number of rotatable bonds is 5. The average Bonchev–Trinajstić information content (AvgIpc) is 2.34. The highest BCUT2D eigenvalue weighted by Crippen LogP contribution is 2.29. The maximum absolute atomic E-state index is 12.5. The lowest BCUT2D eigenvalue weighted by molar-refractivity contribution is -0.119. The fraction of sp³-hybridized carbons (Fsp3) is 0.500. The predicted molar refractivity (Wildman–Crippen MR) is 75.7 cm³/mol. The molecule has 1 aromatic carbocycles. The van der Waals surface area contributed by atoms with Gasteiger partial charge in [0.1, 0.15) is 6.54 Å². The Balaban J connectivity index is 3.19. The van der Waals surface area contributed by atoms with E-state index in [4.69, 9.17) is 5.73 Å². The van der Waals surface area contributed by atoms with E-state index in [2.05, 4.69) is 0 Å². The van der Waals surface area contributed by atoms with Gasteiger partial charge in [0.2, 0.25) is 10.0 Å². The molecule has 5 nitrogen and oxygen atoms in total. The zero-order valence-electron chi connectivity index (χ0n) is 12.0. The van der Waals surface area contributed by atoms with E-state index < -0.39 is 22.7 Å². The van der Waals surface area contributed by atoms with E-state index in [1.807, 2.05) is 0 Å². The third kappa shape index (κ3) is 4.24. The van der Waals surface area contributed by atoms with Gasteiger partial charge in [0.05, 0.1) is 16.3 Å². The Morgan fingerprint density at radius 1 is 1.24 bits per heavy atom. The van der Waals surface area contributed by atoms with Gasteiger partial charge >= 0.3 is 6.18 Å². The summed E-state index contributed by atoms with van der Waals surface area (Å²) in [5, 5.41) is 0. The highest BCUT2D eigenvalue weighted by molar-refractivity contribution is 7.89. The quantitative estimate of drug-likeness (QED) is 0.840. The average molecular weight is 325 g/mol. The lowest BCUT2D eigenvalue weighted by atomic mass is 10.2. The molecule has 0 atom stereocenters. The molecule has 0 aliphatic heterocycles. The summed E-state index contributed by atoms with van der Waals surface area (Å²) in [6, 6.07) is 3.71. The monoisotopic (exact) mass is 325 g/mol. The summed E-state index contributed by atoms with van der Waals surface area (Å²) in [5.74, 6) is 0. The van der Waals surface area contributed by atoms with Crippen LogP contribution in [0.2, 0.25) is 0 Å². The van der Waals surface area contributed by atoms with Crippen LogP contribution in [0.15, 0.2) is 23.1 Å². The van der Waals surface area contributed by atoms with Crippen LogP contribution >= 0.6 is 0 Å². The van der Waals surface area contributed by atoms with Crippen molar-refractivity contribution in [2.45, 2.75) is 18.0 Å². The summed E-state index contributed by atoms with van der Waals surface area (Å²) in [6.07, 6.45) is -4.36. The van der Waals surface area contributed by atoms with Gasteiger partial charge < -0.3 is 10.6 Å². The number of halogens is 3. The molecule has 0 fully saturated rings. The fourth-order valence-corrected chi connectivity index (χ4v) is 2.71. The standard InChI is InChI=1S/C12H18F3N3O2S/c1-4-18(8-12(13,14)15)11-6-5-9(7-10(11)16)21(19,20)17(2)3/h5-7H,4,8,16H2,1-3H3. The van der Waals surface area contributed by atoms with Gasteiger partial charge in [-0.25, -0.2) is 12.7 Å². The van der Waals surface area contributed by atoms with Gasteiger partial charge in [0, 0.05) is 20.6 Å². The van der Waals surface area contributed by atoms with E-state index in [0.29, 0.717) is 0 Å². The second-order valence-electron chi connectivity index (χ2n) is 4.64. The Hall–Kier alpha value is -1.48. The number of nitrogens with two attached hydrogens (primary N) is 1. The molecule has 0 unspecified atom stereocenters. The van der Waals surface area contributed by atoms with Crippen molar-refractivity contribution in [3.05, 3.63) is 18.2 Å². The molecule has 0 aliphatic carbocycles. The molecule has 0 bridgehead atoms. The molecular formula is C12H18F3N3O2S. The van der Waals surface area contributed by atoms with Gasteiger partial charge in [0.25, 0.3) is 0 Å². The van der Waals surface area contributed by atoms with Crippen molar-refractivity contribution < 1.29 is 21.6 Å². The van der Waals surface area contributed by atoms with E-state index in [1.54, 1.807) is 6.92 Å². The third-order valence-electron chi connectivity index (χ3n) is 2.87. The first kappa shape index (κ1) is 17.6. The molecule has 0 aromatic heterocycles. The van der Waals surface area contributed by atoms with Crippen LogP contribution in [0.3, 0.4) is 0 Å². The molecule has 2 N–H and O–H groups in total. The Morgan fingerprint density at radius 2 is 1.81 bits per heavy atom. The van der Waals surface area contributed by atoms with Crippen molar-refractivity contribution in [2.24, 2.45) is 0 Å². The van der Waals surface area contributed by atoms with Crippen molar-refractivity contribution in [3.8, 4) is 0 Å². The maximum atomic E-state index is 12.5. The minimum Gasteiger partial charge on any atom is -0.397 e. The Labute approximate surface area is 122 Å². The van der Waals surface area contributed by atoms with Crippen LogP contribution < -0.4 is 10.6 Å². The molecule has 0 radical (unpaired) electrons. The zero-order valence-corrected chi connectivity index (χ0v) is 12.8. The van der Waals surface area contributed by atoms with E-state index in [0.717, 1.165) is 9.21 Å². The summed E-state index contributed by atoms with van der Waals surface area (Å²) in [6.45, 7) is 0.520. The lowest BCUT2D eigenvalue weighted by Gasteiger charge is -2.26. The number of benzene rings is 1. The van der Waals surface area contributed by atoms with Crippen molar-refractivity contribution in [2.75, 3.05) is 37.8 Å². The molecule has 0 saturated heterocycles. The molecule has 0 saturated carbocycles. The van der Waals surface area contributed by atoms with Crippen LogP contribution in [-0.4, -0.2) is 46.1 Å². The van der Waals surface area contributed by atoms with Crippen LogP contribution in [0.1, 0.15) is 6.92 Å². The minimum absolute atomic E-state index is 0.0102. The van der Waals surface area contributed by atoms with Gasteiger partial charge in [-0.1, -0.05) is 0 Å². The highest BCUT2D eigenvalue weighted by Gasteiger charge is 2.31. The first-order valence-electron chi connectivity index (χ1n) is 6.12. The molecule has 21 heavy (non-hydrogen) atoms. The molecule has 1 aromatic rings. The van der Waals surface area contributed by atoms with Crippen LogP contribution in [0.5, 0.6) is 0 Å². The molecule has 0 heterocycles. The lowest BCUT2D eigenvalue weighted by Crippen LogP contribution is -2.34. The largest absolute Gasteiger partial charge is 0.405 e. The smallest absolute Gasteiger partial charge is 0.397 e. The number of nitrogen functional groups attached to an aromatic ring is 1. The first-order valence-corrected chi connectivity index (χ1v) is 7.56. The molecule has 9 heteroatoms. The van der Waals surface area contributed by atoms with Crippen LogP contribution in [0.25, 0.3) is 0 Å². The van der Waals surface area contributed by atoms with Crippen molar-refractivity contribution in [1.82, 2.24) is 4.31 Å². The van der Waals surface area contributed by atoms with Gasteiger partial charge in [-0.15, -0.1) is 0 Å². The number of alkyl halides is 3. The van der Waals surface area contributed by atoms with Crippen LogP contribution in [0.4, 0.5) is 24.5 Å². The number of nitrogens with zero attached hydrogens (tertiary/aromatic N) is 2. The fourth-order valence-electron chi connectivity index (χ4n) is 1.78. The molecule has 0 aliphatic rings. The Morgan fingerprint density at radius 3 is 2.19 bits per heavy atom. The number of hydrogen-bond acceptors (Lipinski definition) is 4. The number of anilines is 2. The molecule has 1 rings (SSSR count). The van der Waals surface area contributed by atoms with E-state index in [-0.39, 0.29) is 22.8 Å². The van der Waals surface area contributed by atoms with Crippen molar-refractivity contribution >= 4 is 21.4 Å². The van der Waals surface area contributed by atoms with Gasteiger partial charge in [-0.2, -0.15) is 13.2 Å².